The molecule has 0 aliphatic carbocycles. The first-order chi connectivity index (χ1) is 11.3. The predicted octanol–water partition coefficient (Wildman–Crippen LogP) is 3.87. The van der Waals surface area contributed by atoms with Crippen molar-refractivity contribution in [3.05, 3.63) is 65.7 Å². The number of alkyl halides is 4. The average molecular weight is 359 g/mol. The minimum absolute atomic E-state index is 0.0187. The van der Waals surface area contributed by atoms with E-state index in [0.717, 1.165) is 17.1 Å². The number of hydrogen-bond acceptors (Lipinski definition) is 4. The van der Waals surface area contributed by atoms with Crippen molar-refractivity contribution in [1.82, 2.24) is 0 Å². The summed E-state index contributed by atoms with van der Waals surface area (Å²) in [5, 5.41) is 0.930. The molecule has 2 aromatic carbocycles. The van der Waals surface area contributed by atoms with Crippen molar-refractivity contribution in [2.75, 3.05) is 11.1 Å². The molecule has 1 unspecified atom stereocenters. The fourth-order valence-corrected chi connectivity index (χ4v) is 2.28. The number of nitrogens with zero attached hydrogens (tertiary/aromatic N) is 1. The van der Waals surface area contributed by atoms with E-state index in [1.54, 1.807) is 30.3 Å². The molecule has 0 saturated carbocycles. The molecule has 0 aliphatic rings. The van der Waals surface area contributed by atoms with Crippen LogP contribution >= 0.6 is 11.6 Å². The SMILES string of the molecule is NN(c1cccc(C(F)(F)F)c1)C(C(=O)OCCl)c1ccccc1. The molecule has 8 heteroatoms. The van der Waals surface area contributed by atoms with Gasteiger partial charge in [0, 0.05) is 0 Å². The number of rotatable bonds is 5. The van der Waals surface area contributed by atoms with Gasteiger partial charge in [-0.05, 0) is 23.8 Å². The lowest BCUT2D eigenvalue weighted by atomic mass is 10.1. The highest BCUT2D eigenvalue weighted by molar-refractivity contribution is 6.17. The van der Waals surface area contributed by atoms with E-state index >= 15 is 0 Å². The Morgan fingerprint density at radius 2 is 1.83 bits per heavy atom. The van der Waals surface area contributed by atoms with E-state index in [1.807, 2.05) is 0 Å². The van der Waals surface area contributed by atoms with Crippen LogP contribution in [0.4, 0.5) is 18.9 Å². The fraction of sp³-hybridized carbons (Fsp3) is 0.188. The molecule has 24 heavy (non-hydrogen) atoms. The van der Waals surface area contributed by atoms with Crippen LogP contribution in [0.3, 0.4) is 0 Å². The van der Waals surface area contributed by atoms with Gasteiger partial charge in [-0.25, -0.2) is 10.6 Å². The first kappa shape index (κ1) is 18.1. The maximum absolute atomic E-state index is 12.9. The van der Waals surface area contributed by atoms with Crippen molar-refractivity contribution in [3.63, 3.8) is 0 Å². The first-order valence-electron chi connectivity index (χ1n) is 6.83. The molecule has 1 atom stereocenters. The number of hydrogen-bond donors (Lipinski definition) is 1. The summed E-state index contributed by atoms with van der Waals surface area (Å²) in [5.41, 5.74) is -0.384. The Balaban J connectivity index is 2.41. The van der Waals surface area contributed by atoms with Crippen molar-refractivity contribution in [2.45, 2.75) is 12.2 Å². The highest BCUT2D eigenvalue weighted by Gasteiger charge is 2.32. The van der Waals surface area contributed by atoms with E-state index in [1.165, 1.54) is 12.1 Å². The van der Waals surface area contributed by atoms with E-state index in [-0.39, 0.29) is 5.69 Å². The van der Waals surface area contributed by atoms with Gasteiger partial charge in [0.2, 0.25) is 0 Å². The summed E-state index contributed by atoms with van der Waals surface area (Å²) in [7, 11) is 0. The summed E-state index contributed by atoms with van der Waals surface area (Å²) in [6.45, 7) is 0. The van der Waals surface area contributed by atoms with Crippen molar-refractivity contribution >= 4 is 23.3 Å². The molecule has 128 valence electrons. The highest BCUT2D eigenvalue weighted by atomic mass is 35.5. The molecular weight excluding hydrogens is 345 g/mol. The maximum atomic E-state index is 12.9. The van der Waals surface area contributed by atoms with Gasteiger partial charge in [0.1, 0.15) is 0 Å². The van der Waals surface area contributed by atoms with E-state index < -0.39 is 29.8 Å². The number of halogens is 4. The molecule has 0 aromatic heterocycles. The number of benzene rings is 2. The largest absolute Gasteiger partial charge is 0.448 e. The number of carbonyl (C=O) groups is 1. The molecule has 0 heterocycles. The average Bonchev–Trinajstić information content (AvgIpc) is 2.55. The second-order valence-electron chi connectivity index (χ2n) is 4.84. The molecule has 2 rings (SSSR count). The van der Waals surface area contributed by atoms with Crippen LogP contribution in [-0.4, -0.2) is 12.0 Å². The molecule has 0 amide bonds. The molecule has 0 saturated heterocycles. The van der Waals surface area contributed by atoms with Crippen LogP contribution in [0.25, 0.3) is 0 Å². The van der Waals surface area contributed by atoms with Crippen LogP contribution in [0.15, 0.2) is 54.6 Å². The van der Waals surface area contributed by atoms with Gasteiger partial charge >= 0.3 is 12.1 Å². The third kappa shape index (κ3) is 4.18. The van der Waals surface area contributed by atoms with Crippen LogP contribution in [0.2, 0.25) is 0 Å². The highest BCUT2D eigenvalue weighted by Crippen LogP contribution is 2.33. The number of ether oxygens (including phenoxy) is 1. The lowest BCUT2D eigenvalue weighted by Crippen LogP contribution is -2.40. The second-order valence-corrected chi connectivity index (χ2v) is 5.06. The minimum Gasteiger partial charge on any atom is -0.448 e. The third-order valence-corrected chi connectivity index (χ3v) is 3.39. The first-order valence-corrected chi connectivity index (χ1v) is 7.37. The molecule has 0 spiro atoms. The van der Waals surface area contributed by atoms with Crippen molar-refractivity contribution < 1.29 is 22.7 Å². The Kier molecular flexibility index (Phi) is 5.69. The van der Waals surface area contributed by atoms with Crippen LogP contribution in [0.5, 0.6) is 0 Å². The van der Waals surface area contributed by atoms with E-state index in [4.69, 9.17) is 22.2 Å². The normalized spacial score (nSPS) is 12.5. The summed E-state index contributed by atoms with van der Waals surface area (Å²) >= 11 is 5.41. The van der Waals surface area contributed by atoms with Crippen LogP contribution in [0, 0.1) is 0 Å². The zero-order chi connectivity index (χ0) is 17.7. The summed E-state index contributed by atoms with van der Waals surface area (Å²) in [6.07, 6.45) is -4.52. The molecule has 0 aliphatic heterocycles. The molecule has 0 fully saturated rings. The van der Waals surface area contributed by atoms with Gasteiger partial charge in [0.05, 0.1) is 11.3 Å². The van der Waals surface area contributed by atoms with E-state index in [9.17, 15) is 18.0 Å². The molecule has 0 radical (unpaired) electrons. The Bertz CT molecular complexity index is 695. The molecule has 2 N–H and O–H groups in total. The summed E-state index contributed by atoms with van der Waals surface area (Å²) in [5.74, 6) is 5.17. The summed E-state index contributed by atoms with van der Waals surface area (Å²) in [4.78, 5) is 12.2. The van der Waals surface area contributed by atoms with Gasteiger partial charge in [-0.15, -0.1) is 0 Å². The summed E-state index contributed by atoms with van der Waals surface area (Å²) in [6, 6.07) is 11.2. The van der Waals surface area contributed by atoms with E-state index in [0.29, 0.717) is 5.56 Å². The Morgan fingerprint density at radius 1 is 1.17 bits per heavy atom. The van der Waals surface area contributed by atoms with Crippen LogP contribution in [0.1, 0.15) is 17.2 Å². The van der Waals surface area contributed by atoms with E-state index in [2.05, 4.69) is 0 Å². The molecule has 0 bridgehead atoms. The van der Waals surface area contributed by atoms with Gasteiger partial charge in [0.25, 0.3) is 0 Å². The second kappa shape index (κ2) is 7.55. The number of carbonyl (C=O) groups excluding carboxylic acids is 1. The standard InChI is InChI=1S/C16H14ClF3N2O2/c17-10-24-15(23)14(11-5-2-1-3-6-11)22(21)13-8-4-7-12(9-13)16(18,19)20/h1-9,14H,10,21H2. The Hall–Kier alpha value is -2.25. The van der Waals surface area contributed by atoms with Crippen molar-refractivity contribution in [3.8, 4) is 0 Å². The Labute approximate surface area is 141 Å². The summed E-state index contributed by atoms with van der Waals surface area (Å²) < 4.78 is 43.4. The molecular formula is C16H14ClF3N2O2. The topological polar surface area (TPSA) is 55.6 Å². The number of anilines is 1. The number of nitrogens with two attached hydrogens (primary N) is 1. The lowest BCUT2D eigenvalue weighted by molar-refractivity contribution is -0.143. The third-order valence-electron chi connectivity index (χ3n) is 3.29. The molecule has 4 nitrogen and oxygen atoms in total. The van der Waals surface area contributed by atoms with Crippen LogP contribution in [-0.2, 0) is 15.7 Å². The Morgan fingerprint density at radius 3 is 2.42 bits per heavy atom. The quantitative estimate of drug-likeness (QED) is 0.381. The smallest absolute Gasteiger partial charge is 0.416 e. The van der Waals surface area contributed by atoms with Gasteiger partial charge < -0.3 is 4.74 Å². The fourth-order valence-electron chi connectivity index (χ4n) is 2.17. The monoisotopic (exact) mass is 358 g/mol. The molecule has 2 aromatic rings. The van der Waals surface area contributed by atoms with Gasteiger partial charge in [-0.3, -0.25) is 5.01 Å². The lowest BCUT2D eigenvalue weighted by Gasteiger charge is -2.28. The number of hydrazine groups is 1. The maximum Gasteiger partial charge on any atom is 0.416 e. The zero-order valence-electron chi connectivity index (χ0n) is 12.3. The van der Waals surface area contributed by atoms with Crippen LogP contribution < -0.4 is 10.9 Å². The number of esters is 1. The van der Waals surface area contributed by atoms with Gasteiger partial charge in [-0.2, -0.15) is 13.2 Å². The van der Waals surface area contributed by atoms with Gasteiger partial charge in [-0.1, -0.05) is 48.0 Å². The van der Waals surface area contributed by atoms with Gasteiger partial charge in [0.15, 0.2) is 12.1 Å². The zero-order valence-corrected chi connectivity index (χ0v) is 13.1. The van der Waals surface area contributed by atoms with Crippen molar-refractivity contribution in [1.29, 1.82) is 0 Å². The van der Waals surface area contributed by atoms with Crippen molar-refractivity contribution in [2.24, 2.45) is 5.84 Å². The predicted molar refractivity (Wildman–Crippen MR) is 84.1 cm³/mol. The minimum atomic E-state index is -4.52.